The van der Waals surface area contributed by atoms with Crippen LogP contribution < -0.4 is 0 Å². The summed E-state index contributed by atoms with van der Waals surface area (Å²) < 4.78 is 0. The highest BCUT2D eigenvalue weighted by Gasteiger charge is 1.80. The van der Waals surface area contributed by atoms with Gasteiger partial charge in [-0.1, -0.05) is 24.8 Å². The van der Waals surface area contributed by atoms with Gasteiger partial charge in [0.15, 0.2) is 0 Å². The molecule has 0 saturated heterocycles. The molecule has 0 saturated carbocycles. The number of rotatable bonds is 2. The fraction of sp³-hybridized carbons (Fsp3) is 0.500. The fourth-order valence-corrected chi connectivity index (χ4v) is 0.588. The van der Waals surface area contributed by atoms with Crippen molar-refractivity contribution in [3.63, 3.8) is 0 Å². The molecule has 0 rings (SSSR count). The first-order valence-electron chi connectivity index (χ1n) is 2.91. The number of allylic oxidation sites excluding steroid dienone is 1. The van der Waals surface area contributed by atoms with Gasteiger partial charge in [-0.3, -0.25) is 0 Å². The number of hydrogen-bond donors (Lipinski definition) is 0. The monoisotopic (exact) mass is 108 g/mol. The second-order valence-corrected chi connectivity index (χ2v) is 1.83. The van der Waals surface area contributed by atoms with Crippen molar-refractivity contribution in [1.82, 2.24) is 0 Å². The summed E-state index contributed by atoms with van der Waals surface area (Å²) in [5.74, 6) is 0. The Morgan fingerprint density at radius 1 is 1.62 bits per heavy atom. The molecule has 0 aliphatic heterocycles. The zero-order valence-corrected chi connectivity index (χ0v) is 5.62. The van der Waals surface area contributed by atoms with E-state index in [0.717, 1.165) is 6.42 Å². The van der Waals surface area contributed by atoms with Gasteiger partial charge in [-0.05, 0) is 25.5 Å². The Bertz CT molecular complexity index is 130. The second-order valence-electron chi connectivity index (χ2n) is 1.83. The van der Waals surface area contributed by atoms with Crippen LogP contribution in [0.15, 0.2) is 23.6 Å². The van der Waals surface area contributed by atoms with Crippen molar-refractivity contribution < 1.29 is 0 Å². The van der Waals surface area contributed by atoms with Crippen molar-refractivity contribution in [2.75, 3.05) is 0 Å². The Balaban J connectivity index is 3.81. The molecule has 0 aromatic carbocycles. The summed E-state index contributed by atoms with van der Waals surface area (Å²) in [6.45, 7) is 7.62. The summed E-state index contributed by atoms with van der Waals surface area (Å²) in [7, 11) is 0. The predicted molar refractivity (Wildman–Crippen MR) is 36.7 cm³/mol. The SMILES string of the molecule is C=C=C=C(C)CCC. The van der Waals surface area contributed by atoms with Gasteiger partial charge in [0.05, 0.1) is 0 Å². The minimum Gasteiger partial charge on any atom is -0.0782 e. The van der Waals surface area contributed by atoms with Crippen LogP contribution in [0.2, 0.25) is 0 Å². The third kappa shape index (κ3) is 3.49. The Hall–Kier alpha value is -0.700. The van der Waals surface area contributed by atoms with Gasteiger partial charge in [-0.15, -0.1) is 0 Å². The molecule has 0 bridgehead atoms. The van der Waals surface area contributed by atoms with Crippen LogP contribution in [0.4, 0.5) is 0 Å². The van der Waals surface area contributed by atoms with Gasteiger partial charge in [0.2, 0.25) is 0 Å². The van der Waals surface area contributed by atoms with Crippen molar-refractivity contribution in [2.24, 2.45) is 0 Å². The molecular weight excluding hydrogens is 96.1 g/mol. The molecule has 0 fully saturated rings. The highest BCUT2D eigenvalue weighted by atomic mass is 13.8. The Labute approximate surface area is 51.2 Å². The van der Waals surface area contributed by atoms with E-state index in [-0.39, 0.29) is 0 Å². The van der Waals surface area contributed by atoms with Crippen LogP contribution in [-0.4, -0.2) is 0 Å². The zero-order chi connectivity index (χ0) is 6.41. The highest BCUT2D eigenvalue weighted by molar-refractivity contribution is 4.95. The highest BCUT2D eigenvalue weighted by Crippen LogP contribution is 1.98. The normalized spacial score (nSPS) is 7.25. The molecule has 0 unspecified atom stereocenters. The van der Waals surface area contributed by atoms with Gasteiger partial charge in [0, 0.05) is 0 Å². The third-order valence-corrected chi connectivity index (χ3v) is 0.927. The molecule has 0 N–H and O–H groups in total. The fourth-order valence-electron chi connectivity index (χ4n) is 0.588. The lowest BCUT2D eigenvalue weighted by atomic mass is 10.2. The third-order valence-electron chi connectivity index (χ3n) is 0.927. The van der Waals surface area contributed by atoms with Crippen molar-refractivity contribution in [3.8, 4) is 0 Å². The summed E-state index contributed by atoms with van der Waals surface area (Å²) in [6, 6.07) is 0. The Kier molecular flexibility index (Phi) is 4.07. The van der Waals surface area contributed by atoms with Crippen LogP contribution >= 0.6 is 0 Å². The summed E-state index contributed by atoms with van der Waals surface area (Å²) in [4.78, 5) is 0. The molecule has 0 aromatic rings. The van der Waals surface area contributed by atoms with E-state index >= 15 is 0 Å². The largest absolute Gasteiger partial charge is 0.0782 e. The summed E-state index contributed by atoms with van der Waals surface area (Å²) in [5.41, 5.74) is 6.76. The molecule has 0 aliphatic carbocycles. The van der Waals surface area contributed by atoms with E-state index in [2.05, 4.69) is 25.0 Å². The maximum Gasteiger partial charge on any atom is -0.0230 e. The minimum absolute atomic E-state index is 1.11. The van der Waals surface area contributed by atoms with Crippen LogP contribution in [0, 0.1) is 0 Å². The Morgan fingerprint density at radius 3 is 2.62 bits per heavy atom. The average molecular weight is 108 g/mol. The summed E-state index contributed by atoms with van der Waals surface area (Å²) in [6.07, 6.45) is 2.29. The molecule has 0 spiro atoms. The molecule has 0 heterocycles. The molecule has 0 amide bonds. The smallest absolute Gasteiger partial charge is 0.0230 e. The van der Waals surface area contributed by atoms with E-state index in [1.165, 1.54) is 12.0 Å². The van der Waals surface area contributed by atoms with Crippen molar-refractivity contribution >= 4 is 0 Å². The van der Waals surface area contributed by atoms with Gasteiger partial charge in [-0.25, -0.2) is 0 Å². The summed E-state index contributed by atoms with van der Waals surface area (Å²) in [5, 5.41) is 0. The molecule has 0 aromatic heterocycles. The Morgan fingerprint density at radius 2 is 2.25 bits per heavy atom. The van der Waals surface area contributed by atoms with E-state index in [4.69, 9.17) is 0 Å². The van der Waals surface area contributed by atoms with Crippen LogP contribution in [-0.2, 0) is 0 Å². The van der Waals surface area contributed by atoms with E-state index < -0.39 is 0 Å². The van der Waals surface area contributed by atoms with E-state index in [9.17, 15) is 0 Å². The van der Waals surface area contributed by atoms with Gasteiger partial charge >= 0.3 is 0 Å². The first-order valence-corrected chi connectivity index (χ1v) is 2.91. The van der Waals surface area contributed by atoms with Crippen LogP contribution in [0.25, 0.3) is 0 Å². The average Bonchev–Trinajstić information content (AvgIpc) is 1.68. The van der Waals surface area contributed by atoms with Crippen LogP contribution in [0.5, 0.6) is 0 Å². The van der Waals surface area contributed by atoms with E-state index in [0.29, 0.717) is 0 Å². The second kappa shape index (κ2) is 4.46. The lowest BCUT2D eigenvalue weighted by Crippen LogP contribution is -1.68. The minimum atomic E-state index is 1.11. The van der Waals surface area contributed by atoms with Crippen LogP contribution in [0.3, 0.4) is 0 Å². The lowest BCUT2D eigenvalue weighted by molar-refractivity contribution is 0.908. The maximum absolute atomic E-state index is 3.43. The van der Waals surface area contributed by atoms with Gasteiger partial charge in [0.25, 0.3) is 0 Å². The van der Waals surface area contributed by atoms with Gasteiger partial charge < -0.3 is 0 Å². The molecule has 44 valence electrons. The van der Waals surface area contributed by atoms with Crippen molar-refractivity contribution in [1.29, 1.82) is 0 Å². The number of hydrogen-bond acceptors (Lipinski definition) is 0. The standard InChI is InChI=1S/C8H12/c1-4-6-8(3)7-5-2/h1,5,7H2,2-3H3. The molecule has 0 nitrogen and oxygen atoms in total. The van der Waals surface area contributed by atoms with E-state index in [1.807, 2.05) is 6.92 Å². The van der Waals surface area contributed by atoms with E-state index in [1.54, 1.807) is 0 Å². The first kappa shape index (κ1) is 7.30. The lowest BCUT2D eigenvalue weighted by Gasteiger charge is -1.86. The van der Waals surface area contributed by atoms with Gasteiger partial charge in [0.1, 0.15) is 0 Å². The molecule has 0 heteroatoms. The van der Waals surface area contributed by atoms with Crippen molar-refractivity contribution in [3.05, 3.63) is 23.6 Å². The first-order chi connectivity index (χ1) is 3.81. The van der Waals surface area contributed by atoms with Gasteiger partial charge in [-0.2, -0.15) is 0 Å². The molecular formula is C8H12. The molecule has 0 radical (unpaired) electrons. The summed E-state index contributed by atoms with van der Waals surface area (Å²) >= 11 is 0. The van der Waals surface area contributed by atoms with Crippen molar-refractivity contribution in [2.45, 2.75) is 26.7 Å². The molecule has 0 aliphatic rings. The maximum atomic E-state index is 3.43. The topological polar surface area (TPSA) is 0 Å². The molecule has 8 heavy (non-hydrogen) atoms. The predicted octanol–water partition coefficient (Wildman–Crippen LogP) is 2.67. The van der Waals surface area contributed by atoms with Crippen LogP contribution in [0.1, 0.15) is 26.7 Å². The quantitative estimate of drug-likeness (QED) is 0.477. The molecule has 0 atom stereocenters. The zero-order valence-electron chi connectivity index (χ0n) is 5.62.